The van der Waals surface area contributed by atoms with Crippen LogP contribution in [-0.4, -0.2) is 29.0 Å². The Morgan fingerprint density at radius 1 is 1.33 bits per heavy atom. The molecule has 0 saturated heterocycles. The molecule has 1 aromatic carbocycles. The van der Waals surface area contributed by atoms with E-state index in [0.29, 0.717) is 23.6 Å². The van der Waals surface area contributed by atoms with Crippen LogP contribution in [0.1, 0.15) is 18.2 Å². The summed E-state index contributed by atoms with van der Waals surface area (Å²) < 4.78 is 5.81. The zero-order valence-electron chi connectivity index (χ0n) is 11.4. The van der Waals surface area contributed by atoms with Crippen LogP contribution in [0.5, 0.6) is 0 Å². The molecule has 0 fully saturated rings. The van der Waals surface area contributed by atoms with E-state index in [4.69, 9.17) is 4.74 Å². The normalized spacial score (nSPS) is 11.0. The second kappa shape index (κ2) is 7.03. The number of hydrogen-bond donors (Lipinski definition) is 2. The molecule has 0 aliphatic rings. The van der Waals surface area contributed by atoms with Crippen molar-refractivity contribution in [3.8, 4) is 0 Å². The Balaban J connectivity index is 2.19. The van der Waals surface area contributed by atoms with Gasteiger partial charge in [-0.25, -0.2) is 0 Å². The van der Waals surface area contributed by atoms with Crippen molar-refractivity contribution in [2.45, 2.75) is 13.3 Å². The maximum atomic E-state index is 11.7. The number of carbonyl (C=O) groups excluding carboxylic acids is 1. The number of nitrogens with one attached hydrogen (secondary N) is 2. The van der Waals surface area contributed by atoms with Crippen LogP contribution in [0.4, 0.5) is 5.69 Å². The summed E-state index contributed by atoms with van der Waals surface area (Å²) in [5.74, 6) is -0.397. The molecule has 1 aromatic heterocycles. The first-order chi connectivity index (χ1) is 10.1. The fraction of sp³-hybridized carbons (Fsp3) is 0.214. The molecule has 21 heavy (non-hydrogen) atoms. The van der Waals surface area contributed by atoms with Crippen molar-refractivity contribution in [1.29, 1.82) is 0 Å². The van der Waals surface area contributed by atoms with Gasteiger partial charge in [0.2, 0.25) is 0 Å². The van der Waals surface area contributed by atoms with Gasteiger partial charge in [-0.3, -0.25) is 19.7 Å². The molecule has 0 radical (unpaired) electrons. The van der Waals surface area contributed by atoms with Crippen LogP contribution in [0.15, 0.2) is 38.5 Å². The van der Waals surface area contributed by atoms with Gasteiger partial charge >= 0.3 is 5.97 Å². The second-order valence-electron chi connectivity index (χ2n) is 4.19. The highest BCUT2D eigenvalue weighted by Gasteiger charge is 2.12. The molecular weight excluding hydrogens is 338 g/mol. The second-order valence-corrected chi connectivity index (χ2v) is 5.10. The fourth-order valence-corrected chi connectivity index (χ4v) is 1.97. The predicted molar refractivity (Wildman–Crippen MR) is 83.1 cm³/mol. The van der Waals surface area contributed by atoms with Crippen molar-refractivity contribution in [1.82, 2.24) is 10.2 Å². The van der Waals surface area contributed by atoms with Gasteiger partial charge in [0.25, 0.3) is 5.56 Å². The largest absolute Gasteiger partial charge is 0.466 e. The summed E-state index contributed by atoms with van der Waals surface area (Å²) in [4.78, 5) is 27.4. The number of aromatic amines is 2. The van der Waals surface area contributed by atoms with Gasteiger partial charge in [0.15, 0.2) is 0 Å². The van der Waals surface area contributed by atoms with Gasteiger partial charge in [-0.05, 0) is 31.2 Å². The smallest absolute Gasteiger partial charge is 0.311 e. The maximum absolute atomic E-state index is 11.7. The van der Waals surface area contributed by atoms with E-state index in [2.05, 4.69) is 31.1 Å². The molecule has 6 nitrogen and oxygen atoms in total. The lowest BCUT2D eigenvalue weighted by Gasteiger charge is -2.00. The lowest BCUT2D eigenvalue weighted by molar-refractivity contribution is -0.142. The molecule has 0 spiro atoms. The molecule has 0 aliphatic carbocycles. The van der Waals surface area contributed by atoms with Crippen molar-refractivity contribution in [2.75, 3.05) is 6.61 Å². The van der Waals surface area contributed by atoms with Gasteiger partial charge in [0.1, 0.15) is 0 Å². The molecule has 2 rings (SSSR count). The number of nitrogens with zero attached hydrogens (tertiary/aromatic N) is 1. The first-order valence-electron chi connectivity index (χ1n) is 6.35. The Hall–Kier alpha value is -2.15. The summed E-state index contributed by atoms with van der Waals surface area (Å²) in [6, 6.07) is 7.33. The van der Waals surface area contributed by atoms with Crippen molar-refractivity contribution >= 4 is 33.8 Å². The molecule has 0 amide bonds. The van der Waals surface area contributed by atoms with Crippen LogP contribution in [0.3, 0.4) is 0 Å². The monoisotopic (exact) mass is 351 g/mol. The third-order valence-corrected chi connectivity index (χ3v) is 3.22. The van der Waals surface area contributed by atoms with Crippen LogP contribution in [0.2, 0.25) is 0 Å². The van der Waals surface area contributed by atoms with E-state index in [0.717, 1.165) is 4.47 Å². The van der Waals surface area contributed by atoms with Gasteiger partial charge < -0.3 is 9.84 Å². The zero-order valence-corrected chi connectivity index (χ0v) is 12.9. The quantitative estimate of drug-likeness (QED) is 0.640. The maximum Gasteiger partial charge on any atom is 0.311 e. The topological polar surface area (TPSA) is 87.3 Å². The van der Waals surface area contributed by atoms with E-state index in [1.807, 2.05) is 24.3 Å². The summed E-state index contributed by atoms with van der Waals surface area (Å²) >= 11 is 3.34. The molecule has 110 valence electrons. The summed E-state index contributed by atoms with van der Waals surface area (Å²) in [6.07, 6.45) is 1.43. The predicted octanol–water partition coefficient (Wildman–Crippen LogP) is 2.32. The van der Waals surface area contributed by atoms with E-state index >= 15 is 0 Å². The third kappa shape index (κ3) is 4.16. The Bertz CT molecular complexity index is 701. The molecule has 2 N–H and O–H groups in total. The SMILES string of the molecule is CCOC(=O)Cc1[nH][nH]c(=O)c1C=Nc1ccc(Br)cc1. The summed E-state index contributed by atoms with van der Waals surface area (Å²) in [5, 5.41) is 5.11. The number of esters is 1. The minimum absolute atomic E-state index is 0.00568. The van der Waals surface area contributed by atoms with Gasteiger partial charge in [-0.1, -0.05) is 15.9 Å². The lowest BCUT2D eigenvalue weighted by Crippen LogP contribution is -2.11. The highest BCUT2D eigenvalue weighted by atomic mass is 79.9. The number of rotatable bonds is 5. The Kier molecular flexibility index (Phi) is 5.10. The Morgan fingerprint density at radius 3 is 2.71 bits per heavy atom. The lowest BCUT2D eigenvalue weighted by atomic mass is 10.2. The van der Waals surface area contributed by atoms with Crippen LogP contribution in [-0.2, 0) is 16.0 Å². The standard InChI is InChI=1S/C14H14BrN3O3/c1-2-21-13(19)7-12-11(14(20)18-17-12)8-16-10-5-3-9(15)4-6-10/h3-6,8H,2,7H2,1H3,(H2,17,18,20). The molecular formula is C14H14BrN3O3. The molecule has 7 heteroatoms. The summed E-state index contributed by atoms with van der Waals surface area (Å²) in [6.45, 7) is 2.03. The van der Waals surface area contributed by atoms with E-state index in [-0.39, 0.29) is 12.0 Å². The minimum atomic E-state index is -0.397. The number of aromatic nitrogens is 2. The number of benzene rings is 1. The highest BCUT2D eigenvalue weighted by molar-refractivity contribution is 9.10. The van der Waals surface area contributed by atoms with E-state index in [1.54, 1.807) is 6.92 Å². The fourth-order valence-electron chi connectivity index (χ4n) is 1.70. The van der Waals surface area contributed by atoms with Crippen LogP contribution >= 0.6 is 15.9 Å². The Morgan fingerprint density at radius 2 is 2.05 bits per heavy atom. The number of halogens is 1. The number of ether oxygens (including phenoxy) is 1. The van der Waals surface area contributed by atoms with Gasteiger partial charge in [0.05, 0.1) is 30.0 Å². The van der Waals surface area contributed by atoms with Crippen LogP contribution in [0, 0.1) is 0 Å². The number of hydrogen-bond acceptors (Lipinski definition) is 4. The molecule has 0 saturated carbocycles. The van der Waals surface area contributed by atoms with Crippen molar-refractivity contribution in [2.24, 2.45) is 4.99 Å². The molecule has 0 unspecified atom stereocenters. The molecule has 0 bridgehead atoms. The average Bonchev–Trinajstić information content (AvgIpc) is 2.79. The first-order valence-corrected chi connectivity index (χ1v) is 7.14. The third-order valence-electron chi connectivity index (χ3n) is 2.69. The summed E-state index contributed by atoms with van der Waals surface area (Å²) in [5.41, 5.74) is 1.17. The van der Waals surface area contributed by atoms with Crippen molar-refractivity contribution in [3.63, 3.8) is 0 Å². The van der Waals surface area contributed by atoms with Crippen molar-refractivity contribution < 1.29 is 9.53 Å². The highest BCUT2D eigenvalue weighted by Crippen LogP contribution is 2.16. The number of carbonyl (C=O) groups is 1. The average molecular weight is 352 g/mol. The summed E-state index contributed by atoms with van der Waals surface area (Å²) in [7, 11) is 0. The Labute approximate surface area is 129 Å². The number of aliphatic imine (C=N–C) groups is 1. The van der Waals surface area contributed by atoms with E-state index in [9.17, 15) is 9.59 Å². The van der Waals surface area contributed by atoms with Crippen molar-refractivity contribution in [3.05, 3.63) is 50.3 Å². The van der Waals surface area contributed by atoms with E-state index in [1.165, 1.54) is 6.21 Å². The molecule has 0 atom stereocenters. The minimum Gasteiger partial charge on any atom is -0.466 e. The number of H-pyrrole nitrogens is 2. The molecule has 1 heterocycles. The first kappa shape index (κ1) is 15.2. The van der Waals surface area contributed by atoms with E-state index < -0.39 is 5.97 Å². The molecule has 0 aliphatic heterocycles. The van der Waals surface area contributed by atoms with Crippen LogP contribution in [0.25, 0.3) is 0 Å². The van der Waals surface area contributed by atoms with Gasteiger partial charge in [-0.2, -0.15) is 0 Å². The molecule has 2 aromatic rings. The van der Waals surface area contributed by atoms with Gasteiger partial charge in [0, 0.05) is 10.7 Å². The van der Waals surface area contributed by atoms with Crippen LogP contribution < -0.4 is 5.56 Å². The van der Waals surface area contributed by atoms with Gasteiger partial charge in [-0.15, -0.1) is 0 Å². The zero-order chi connectivity index (χ0) is 15.2.